The molecule has 2 heteroatoms. The average molecular weight is 687 g/mol. The Labute approximate surface area is 312 Å². The zero-order valence-corrected chi connectivity index (χ0v) is 29.6. The second-order valence-corrected chi connectivity index (χ2v) is 14.7. The predicted molar refractivity (Wildman–Crippen MR) is 231 cm³/mol. The number of aromatic nitrogens is 2. The smallest absolute Gasteiger partial charge is 0.0547 e. The van der Waals surface area contributed by atoms with E-state index in [9.17, 15) is 0 Å². The monoisotopic (exact) mass is 686 g/mol. The first-order valence-corrected chi connectivity index (χ1v) is 19.0. The molecule has 1 aliphatic carbocycles. The van der Waals surface area contributed by atoms with Gasteiger partial charge in [0.1, 0.15) is 0 Å². The fourth-order valence-corrected chi connectivity index (χ4v) is 9.64. The molecule has 0 aliphatic heterocycles. The first-order chi connectivity index (χ1) is 26.8. The highest BCUT2D eigenvalue weighted by atomic mass is 15.0. The number of allylic oxidation sites excluding steroid dienone is 4. The van der Waals surface area contributed by atoms with E-state index >= 15 is 0 Å². The fourth-order valence-electron chi connectivity index (χ4n) is 9.64. The second kappa shape index (κ2) is 11.3. The summed E-state index contributed by atoms with van der Waals surface area (Å²) in [5, 5.41) is 12.9. The topological polar surface area (TPSA) is 9.86 Å². The maximum Gasteiger partial charge on any atom is 0.0547 e. The van der Waals surface area contributed by atoms with Crippen molar-refractivity contribution in [3.63, 3.8) is 0 Å². The van der Waals surface area contributed by atoms with Crippen LogP contribution in [0.15, 0.2) is 182 Å². The van der Waals surface area contributed by atoms with Crippen LogP contribution in [0.4, 0.5) is 0 Å². The zero-order valence-electron chi connectivity index (χ0n) is 29.6. The van der Waals surface area contributed by atoms with Crippen LogP contribution >= 0.6 is 0 Å². The van der Waals surface area contributed by atoms with E-state index in [1.165, 1.54) is 110 Å². The van der Waals surface area contributed by atoms with Crippen LogP contribution in [-0.4, -0.2) is 9.13 Å². The first-order valence-electron chi connectivity index (χ1n) is 19.0. The molecule has 0 N–H and O–H groups in total. The highest BCUT2D eigenvalue weighted by Gasteiger charge is 2.24. The molecule has 54 heavy (non-hydrogen) atoms. The third kappa shape index (κ3) is 4.05. The molecule has 9 aromatic carbocycles. The summed E-state index contributed by atoms with van der Waals surface area (Å²) in [5.74, 6) is 0. The molecule has 0 bridgehead atoms. The minimum Gasteiger partial charge on any atom is -0.309 e. The molecule has 0 saturated carbocycles. The number of hydrogen-bond donors (Lipinski definition) is 0. The van der Waals surface area contributed by atoms with Crippen molar-refractivity contribution < 1.29 is 0 Å². The van der Waals surface area contributed by atoms with Gasteiger partial charge < -0.3 is 9.13 Å². The molecule has 2 aromatic heterocycles. The normalized spacial score (nSPS) is 13.4. The maximum absolute atomic E-state index is 2.52. The third-order valence-corrected chi connectivity index (χ3v) is 11.9. The average Bonchev–Trinajstić information content (AvgIpc) is 3.76. The predicted octanol–water partition coefficient (Wildman–Crippen LogP) is 14.2. The molecule has 252 valence electrons. The summed E-state index contributed by atoms with van der Waals surface area (Å²) >= 11 is 0. The van der Waals surface area contributed by atoms with Gasteiger partial charge in [-0.2, -0.15) is 0 Å². The molecule has 0 fully saturated rings. The highest BCUT2D eigenvalue weighted by Crippen LogP contribution is 2.48. The largest absolute Gasteiger partial charge is 0.309 e. The van der Waals surface area contributed by atoms with Gasteiger partial charge in [0.2, 0.25) is 0 Å². The van der Waals surface area contributed by atoms with Gasteiger partial charge in [-0.3, -0.25) is 0 Å². The maximum atomic E-state index is 2.52. The standard InChI is InChI=1S/C52H34N2/c1-3-15-33(16-4-1)43-31-49(53-45-23-11-7-19-35(45)36-20-8-12-24-46(36)53)41-30-28-40-44(34-17-5-2-6-18-34)32-50(42-29-27-39(43)51(41)52(40)42)54-47-25-13-9-21-37(47)38-22-10-14-26-48(38)54/h1-5,7-17,19-32H,6,18H2. The molecule has 0 atom stereocenters. The molecule has 1 aliphatic rings. The van der Waals surface area contributed by atoms with Gasteiger partial charge in [-0.25, -0.2) is 0 Å². The highest BCUT2D eigenvalue weighted by molar-refractivity contribution is 6.30. The molecule has 0 spiro atoms. The van der Waals surface area contributed by atoms with Gasteiger partial charge in [0.05, 0.1) is 33.4 Å². The van der Waals surface area contributed by atoms with Crippen molar-refractivity contribution in [1.82, 2.24) is 9.13 Å². The van der Waals surface area contributed by atoms with Crippen LogP contribution in [0.25, 0.3) is 104 Å². The SMILES string of the molecule is C1=CCCC(c2cc(-n3c4ccccc4c4ccccc43)c3ccc4c(-c5ccccc5)cc(-n5c6ccccc6c6ccccc65)c5ccc2c3c45)=C1. The molecule has 0 radical (unpaired) electrons. The Morgan fingerprint density at radius 1 is 0.370 bits per heavy atom. The fraction of sp³-hybridized carbons (Fsp3) is 0.0385. The molecule has 0 unspecified atom stereocenters. The number of para-hydroxylation sites is 4. The van der Waals surface area contributed by atoms with Gasteiger partial charge in [-0.15, -0.1) is 0 Å². The van der Waals surface area contributed by atoms with Crippen molar-refractivity contribution in [1.29, 1.82) is 0 Å². The van der Waals surface area contributed by atoms with Gasteiger partial charge in [0.25, 0.3) is 0 Å². The summed E-state index contributed by atoms with van der Waals surface area (Å²) in [5.41, 5.74) is 12.5. The Hall–Kier alpha value is -6.90. The Morgan fingerprint density at radius 3 is 1.28 bits per heavy atom. The number of fused-ring (bicyclic) bond motifs is 6. The van der Waals surface area contributed by atoms with Crippen molar-refractivity contribution in [3.05, 3.63) is 188 Å². The Kier molecular flexibility index (Phi) is 6.20. The van der Waals surface area contributed by atoms with Crippen molar-refractivity contribution >= 4 is 81.5 Å². The number of benzene rings is 9. The summed E-state index contributed by atoms with van der Waals surface area (Å²) < 4.78 is 5.03. The molecule has 12 rings (SSSR count). The minimum absolute atomic E-state index is 1.02. The number of nitrogens with zero attached hydrogens (tertiary/aromatic N) is 2. The van der Waals surface area contributed by atoms with E-state index in [1.807, 2.05) is 0 Å². The Balaban J connectivity index is 1.31. The van der Waals surface area contributed by atoms with Crippen LogP contribution in [0.2, 0.25) is 0 Å². The molecule has 2 nitrogen and oxygen atoms in total. The lowest BCUT2D eigenvalue weighted by Gasteiger charge is -2.23. The molecule has 0 amide bonds. The van der Waals surface area contributed by atoms with Gasteiger partial charge in [-0.05, 0) is 82.3 Å². The lowest BCUT2D eigenvalue weighted by molar-refractivity contribution is 1.05. The van der Waals surface area contributed by atoms with Crippen molar-refractivity contribution in [2.45, 2.75) is 12.8 Å². The van der Waals surface area contributed by atoms with E-state index in [0.717, 1.165) is 12.8 Å². The first kappa shape index (κ1) is 29.7. The van der Waals surface area contributed by atoms with Crippen molar-refractivity contribution in [2.75, 3.05) is 0 Å². The van der Waals surface area contributed by atoms with E-state index in [-0.39, 0.29) is 0 Å². The Bertz CT molecular complexity index is 3260. The van der Waals surface area contributed by atoms with Crippen LogP contribution in [0.3, 0.4) is 0 Å². The molecule has 11 aromatic rings. The zero-order chi connectivity index (χ0) is 35.3. The van der Waals surface area contributed by atoms with Crippen LogP contribution in [0, 0.1) is 0 Å². The summed E-state index contributed by atoms with van der Waals surface area (Å²) in [6.45, 7) is 0. The summed E-state index contributed by atoms with van der Waals surface area (Å²) in [6, 6.07) is 61.0. The molecule has 2 heterocycles. The molecular formula is C52H34N2. The lowest BCUT2D eigenvalue weighted by atomic mass is 9.84. The summed E-state index contributed by atoms with van der Waals surface area (Å²) in [7, 11) is 0. The number of hydrogen-bond acceptors (Lipinski definition) is 0. The quantitative estimate of drug-likeness (QED) is 0.163. The van der Waals surface area contributed by atoms with Crippen molar-refractivity contribution in [2.24, 2.45) is 0 Å². The van der Waals surface area contributed by atoms with E-state index < -0.39 is 0 Å². The van der Waals surface area contributed by atoms with Crippen LogP contribution < -0.4 is 0 Å². The van der Waals surface area contributed by atoms with E-state index in [0.29, 0.717) is 0 Å². The van der Waals surface area contributed by atoms with Crippen LogP contribution in [-0.2, 0) is 0 Å². The lowest BCUT2D eigenvalue weighted by Crippen LogP contribution is -2.02. The van der Waals surface area contributed by atoms with E-state index in [4.69, 9.17) is 0 Å². The van der Waals surface area contributed by atoms with E-state index in [2.05, 4.69) is 191 Å². The van der Waals surface area contributed by atoms with Crippen molar-refractivity contribution in [3.8, 4) is 22.5 Å². The summed E-state index contributed by atoms with van der Waals surface area (Å²) in [4.78, 5) is 0. The summed E-state index contributed by atoms with van der Waals surface area (Å²) in [6.07, 6.45) is 8.94. The second-order valence-electron chi connectivity index (χ2n) is 14.7. The molecule has 0 saturated heterocycles. The van der Waals surface area contributed by atoms with Gasteiger partial charge in [0, 0.05) is 43.1 Å². The van der Waals surface area contributed by atoms with Gasteiger partial charge in [-0.1, -0.05) is 146 Å². The van der Waals surface area contributed by atoms with Gasteiger partial charge in [0.15, 0.2) is 0 Å². The van der Waals surface area contributed by atoms with E-state index in [1.54, 1.807) is 0 Å². The van der Waals surface area contributed by atoms with Crippen LogP contribution in [0.5, 0.6) is 0 Å². The van der Waals surface area contributed by atoms with Gasteiger partial charge >= 0.3 is 0 Å². The minimum atomic E-state index is 1.02. The number of rotatable bonds is 4. The molecular weight excluding hydrogens is 653 g/mol. The van der Waals surface area contributed by atoms with Crippen LogP contribution in [0.1, 0.15) is 18.4 Å². The Morgan fingerprint density at radius 2 is 0.796 bits per heavy atom. The third-order valence-electron chi connectivity index (χ3n) is 11.9.